The van der Waals surface area contributed by atoms with Crippen molar-refractivity contribution in [3.8, 4) is 0 Å². The molecule has 1 saturated heterocycles. The van der Waals surface area contributed by atoms with Gasteiger partial charge in [-0.05, 0) is 32.7 Å². The van der Waals surface area contributed by atoms with Gasteiger partial charge in [-0.15, -0.1) is 0 Å². The molecule has 0 spiro atoms. The smallest absolute Gasteiger partial charge is 0.239 e. The number of carbonyl (C=O) groups excluding carboxylic acids is 1. The molecule has 1 amide bonds. The van der Waals surface area contributed by atoms with E-state index in [1.807, 2.05) is 11.9 Å². The number of nitrogens with zero attached hydrogens (tertiary/aromatic N) is 1. The van der Waals surface area contributed by atoms with Crippen molar-refractivity contribution in [2.45, 2.75) is 45.1 Å². The molecule has 0 aromatic heterocycles. The molecule has 3 nitrogen and oxygen atoms in total. The molecule has 3 heteroatoms. The lowest BCUT2D eigenvalue weighted by molar-refractivity contribution is -0.134. The molecular weight excluding hydrogens is 176 g/mol. The fraction of sp³-hybridized carbons (Fsp3) is 0.909. The Kier molecular flexibility index (Phi) is 4.94. The number of piperidine rings is 1. The first-order chi connectivity index (χ1) is 6.79. The molecule has 1 aliphatic heterocycles. The molecule has 1 atom stereocenters. The van der Waals surface area contributed by atoms with Crippen LogP contribution in [0.25, 0.3) is 0 Å². The summed E-state index contributed by atoms with van der Waals surface area (Å²) in [6.07, 6.45) is 5.64. The van der Waals surface area contributed by atoms with Gasteiger partial charge in [0.15, 0.2) is 0 Å². The van der Waals surface area contributed by atoms with Crippen molar-refractivity contribution in [3.05, 3.63) is 0 Å². The number of likely N-dealkylation sites (N-methyl/N-ethyl adjacent to an activating group) is 1. The minimum Gasteiger partial charge on any atom is -0.341 e. The van der Waals surface area contributed by atoms with Crippen molar-refractivity contribution < 1.29 is 4.79 Å². The average molecular weight is 198 g/mol. The molecule has 0 bridgehead atoms. The maximum Gasteiger partial charge on any atom is 0.239 e. The number of likely N-dealkylation sites (tertiary alicyclic amines) is 1. The zero-order chi connectivity index (χ0) is 10.4. The lowest BCUT2D eigenvalue weighted by Gasteiger charge is -2.30. The van der Waals surface area contributed by atoms with Gasteiger partial charge in [0, 0.05) is 13.1 Å². The summed E-state index contributed by atoms with van der Waals surface area (Å²) in [7, 11) is 1.88. The number of hydrogen-bond acceptors (Lipinski definition) is 2. The molecule has 1 N–H and O–H groups in total. The van der Waals surface area contributed by atoms with E-state index in [0.717, 1.165) is 25.9 Å². The second kappa shape index (κ2) is 6.02. The van der Waals surface area contributed by atoms with Crippen LogP contribution in [0.5, 0.6) is 0 Å². The molecule has 1 heterocycles. The summed E-state index contributed by atoms with van der Waals surface area (Å²) in [5, 5.41) is 3.11. The molecule has 1 aliphatic rings. The second-order valence-electron chi connectivity index (χ2n) is 4.02. The fourth-order valence-electron chi connectivity index (χ4n) is 2.01. The van der Waals surface area contributed by atoms with Crippen molar-refractivity contribution in [3.63, 3.8) is 0 Å². The van der Waals surface area contributed by atoms with Gasteiger partial charge in [0.05, 0.1) is 6.04 Å². The van der Waals surface area contributed by atoms with Crippen LogP contribution in [0.15, 0.2) is 0 Å². The van der Waals surface area contributed by atoms with Crippen molar-refractivity contribution >= 4 is 5.91 Å². The zero-order valence-electron chi connectivity index (χ0n) is 9.38. The highest BCUT2D eigenvalue weighted by atomic mass is 16.2. The predicted molar refractivity (Wildman–Crippen MR) is 58.2 cm³/mol. The Morgan fingerprint density at radius 2 is 2.00 bits per heavy atom. The van der Waals surface area contributed by atoms with Crippen molar-refractivity contribution in [1.29, 1.82) is 0 Å². The van der Waals surface area contributed by atoms with E-state index in [4.69, 9.17) is 0 Å². The van der Waals surface area contributed by atoms with Crippen LogP contribution in [0, 0.1) is 0 Å². The molecule has 1 fully saturated rings. The van der Waals surface area contributed by atoms with E-state index in [0.29, 0.717) is 5.91 Å². The molecule has 82 valence electrons. The Morgan fingerprint density at radius 3 is 2.50 bits per heavy atom. The van der Waals surface area contributed by atoms with E-state index in [2.05, 4.69) is 12.2 Å². The largest absolute Gasteiger partial charge is 0.341 e. The summed E-state index contributed by atoms with van der Waals surface area (Å²) in [5.41, 5.74) is 0. The number of rotatable bonds is 4. The highest BCUT2D eigenvalue weighted by molar-refractivity contribution is 5.81. The Morgan fingerprint density at radius 1 is 1.36 bits per heavy atom. The Labute approximate surface area is 86.9 Å². The Bertz CT molecular complexity index is 169. The molecule has 0 aromatic rings. The monoisotopic (exact) mass is 198 g/mol. The van der Waals surface area contributed by atoms with Gasteiger partial charge in [-0.25, -0.2) is 0 Å². The van der Waals surface area contributed by atoms with Gasteiger partial charge < -0.3 is 10.2 Å². The fourth-order valence-corrected chi connectivity index (χ4v) is 2.01. The van der Waals surface area contributed by atoms with E-state index in [-0.39, 0.29) is 6.04 Å². The molecule has 0 aromatic carbocycles. The van der Waals surface area contributed by atoms with Crippen LogP contribution in [0.1, 0.15) is 39.0 Å². The van der Waals surface area contributed by atoms with Gasteiger partial charge in [0.25, 0.3) is 0 Å². The van der Waals surface area contributed by atoms with Gasteiger partial charge >= 0.3 is 0 Å². The maximum absolute atomic E-state index is 12.0. The topological polar surface area (TPSA) is 32.3 Å². The van der Waals surface area contributed by atoms with Crippen molar-refractivity contribution in [2.75, 3.05) is 20.1 Å². The van der Waals surface area contributed by atoms with Crippen molar-refractivity contribution in [2.24, 2.45) is 0 Å². The number of hydrogen-bond donors (Lipinski definition) is 1. The number of nitrogens with one attached hydrogen (secondary N) is 1. The normalized spacial score (nSPS) is 19.4. The number of amides is 1. The summed E-state index contributed by atoms with van der Waals surface area (Å²) >= 11 is 0. The van der Waals surface area contributed by atoms with E-state index < -0.39 is 0 Å². The third-order valence-electron chi connectivity index (χ3n) is 2.89. The molecule has 1 unspecified atom stereocenters. The summed E-state index contributed by atoms with van der Waals surface area (Å²) < 4.78 is 0. The summed E-state index contributed by atoms with van der Waals surface area (Å²) in [6, 6.07) is 0.0399. The van der Waals surface area contributed by atoms with Gasteiger partial charge in [-0.3, -0.25) is 4.79 Å². The lowest BCUT2D eigenvalue weighted by atomic mass is 10.1. The Balaban J connectivity index is 2.43. The molecular formula is C11H22N2O. The van der Waals surface area contributed by atoms with E-state index in [1.54, 1.807) is 0 Å². The van der Waals surface area contributed by atoms with Crippen LogP contribution in [0.3, 0.4) is 0 Å². The predicted octanol–water partition coefficient (Wildman–Crippen LogP) is 1.39. The minimum atomic E-state index is 0.0399. The van der Waals surface area contributed by atoms with Crippen LogP contribution >= 0.6 is 0 Å². The maximum atomic E-state index is 12.0. The van der Waals surface area contributed by atoms with Crippen LogP contribution in [-0.4, -0.2) is 37.0 Å². The van der Waals surface area contributed by atoms with Gasteiger partial charge in [0.1, 0.15) is 0 Å². The van der Waals surface area contributed by atoms with Gasteiger partial charge in [-0.1, -0.05) is 13.3 Å². The first kappa shape index (κ1) is 11.5. The second-order valence-corrected chi connectivity index (χ2v) is 4.02. The molecule has 1 rings (SSSR count). The van der Waals surface area contributed by atoms with Gasteiger partial charge in [0.2, 0.25) is 5.91 Å². The molecule has 14 heavy (non-hydrogen) atoms. The van der Waals surface area contributed by atoms with E-state index in [1.165, 1.54) is 19.3 Å². The molecule has 0 saturated carbocycles. The molecule has 0 aliphatic carbocycles. The lowest BCUT2D eigenvalue weighted by Crippen LogP contribution is -2.47. The van der Waals surface area contributed by atoms with Crippen LogP contribution in [-0.2, 0) is 4.79 Å². The SMILES string of the molecule is CCCC(NC)C(=O)N1CCCCC1. The quantitative estimate of drug-likeness (QED) is 0.740. The van der Waals surface area contributed by atoms with Crippen LogP contribution < -0.4 is 5.32 Å². The summed E-state index contributed by atoms with van der Waals surface area (Å²) in [4.78, 5) is 14.0. The summed E-state index contributed by atoms with van der Waals surface area (Å²) in [6.45, 7) is 4.04. The van der Waals surface area contributed by atoms with Crippen molar-refractivity contribution in [1.82, 2.24) is 10.2 Å². The van der Waals surface area contributed by atoms with E-state index in [9.17, 15) is 4.79 Å². The van der Waals surface area contributed by atoms with Crippen LogP contribution in [0.4, 0.5) is 0 Å². The minimum absolute atomic E-state index is 0.0399. The highest BCUT2D eigenvalue weighted by Gasteiger charge is 2.23. The van der Waals surface area contributed by atoms with Crippen LogP contribution in [0.2, 0.25) is 0 Å². The van der Waals surface area contributed by atoms with Gasteiger partial charge in [-0.2, -0.15) is 0 Å². The third-order valence-corrected chi connectivity index (χ3v) is 2.89. The number of carbonyl (C=O) groups is 1. The Hall–Kier alpha value is -0.570. The average Bonchev–Trinajstić information content (AvgIpc) is 2.26. The first-order valence-electron chi connectivity index (χ1n) is 5.75. The first-order valence-corrected chi connectivity index (χ1v) is 5.75. The molecule has 0 radical (unpaired) electrons. The standard InChI is InChI=1S/C11H22N2O/c1-3-7-10(12-2)11(14)13-8-5-4-6-9-13/h10,12H,3-9H2,1-2H3. The highest BCUT2D eigenvalue weighted by Crippen LogP contribution is 2.11. The zero-order valence-corrected chi connectivity index (χ0v) is 9.38. The third kappa shape index (κ3) is 2.98. The van der Waals surface area contributed by atoms with E-state index >= 15 is 0 Å². The summed E-state index contributed by atoms with van der Waals surface area (Å²) in [5.74, 6) is 0.300.